The summed E-state index contributed by atoms with van der Waals surface area (Å²) in [4.78, 5) is 10.2. The van der Waals surface area contributed by atoms with E-state index in [0.29, 0.717) is 0 Å². The van der Waals surface area contributed by atoms with Crippen LogP contribution in [0.3, 0.4) is 0 Å². The fourth-order valence-corrected chi connectivity index (χ4v) is 1.32. The second-order valence-corrected chi connectivity index (χ2v) is 3.89. The van der Waals surface area contributed by atoms with Gasteiger partial charge in [-0.1, -0.05) is 12.1 Å². The number of benzene rings is 1. The SMILES string of the molecule is Cc1ccc(C(F)(F)COCC(=O)O)cc1C. The van der Waals surface area contributed by atoms with Gasteiger partial charge in [-0.15, -0.1) is 0 Å². The van der Waals surface area contributed by atoms with Gasteiger partial charge in [-0.25, -0.2) is 4.79 Å². The number of ether oxygens (including phenoxy) is 1. The van der Waals surface area contributed by atoms with Crippen LogP contribution in [0.1, 0.15) is 16.7 Å². The van der Waals surface area contributed by atoms with E-state index in [1.165, 1.54) is 12.1 Å². The van der Waals surface area contributed by atoms with Crippen molar-refractivity contribution in [1.29, 1.82) is 0 Å². The van der Waals surface area contributed by atoms with Gasteiger partial charge in [0.15, 0.2) is 0 Å². The summed E-state index contributed by atoms with van der Waals surface area (Å²) in [6.07, 6.45) is 0. The molecule has 1 N–H and O–H groups in total. The normalized spacial score (nSPS) is 11.5. The Morgan fingerprint density at radius 1 is 1.35 bits per heavy atom. The van der Waals surface area contributed by atoms with Crippen molar-refractivity contribution in [2.75, 3.05) is 13.2 Å². The number of aryl methyl sites for hydroxylation is 2. The molecule has 0 aliphatic carbocycles. The van der Waals surface area contributed by atoms with E-state index in [0.717, 1.165) is 11.1 Å². The van der Waals surface area contributed by atoms with Crippen LogP contribution in [0.2, 0.25) is 0 Å². The molecule has 0 aliphatic heterocycles. The second kappa shape index (κ2) is 5.23. The molecule has 17 heavy (non-hydrogen) atoms. The fourth-order valence-electron chi connectivity index (χ4n) is 1.32. The highest BCUT2D eigenvalue weighted by Gasteiger charge is 2.32. The van der Waals surface area contributed by atoms with Crippen LogP contribution in [0.5, 0.6) is 0 Å². The molecule has 0 unspecified atom stereocenters. The van der Waals surface area contributed by atoms with Crippen molar-refractivity contribution in [1.82, 2.24) is 0 Å². The lowest BCUT2D eigenvalue weighted by molar-refractivity contribution is -0.147. The lowest BCUT2D eigenvalue weighted by Crippen LogP contribution is -2.23. The molecular weight excluding hydrogens is 230 g/mol. The van der Waals surface area contributed by atoms with Crippen LogP contribution in [0.15, 0.2) is 18.2 Å². The maximum absolute atomic E-state index is 13.6. The average Bonchev–Trinajstić information content (AvgIpc) is 2.21. The van der Waals surface area contributed by atoms with E-state index in [9.17, 15) is 13.6 Å². The third-order valence-electron chi connectivity index (χ3n) is 2.44. The van der Waals surface area contributed by atoms with Crippen molar-refractivity contribution < 1.29 is 23.4 Å². The van der Waals surface area contributed by atoms with Gasteiger partial charge in [-0.05, 0) is 31.0 Å². The first kappa shape index (κ1) is 13.6. The summed E-state index contributed by atoms with van der Waals surface area (Å²) in [7, 11) is 0. The Kier molecular flexibility index (Phi) is 4.17. The van der Waals surface area contributed by atoms with Gasteiger partial charge in [0.1, 0.15) is 13.2 Å². The Morgan fingerprint density at radius 3 is 2.53 bits per heavy atom. The monoisotopic (exact) mass is 244 g/mol. The van der Waals surface area contributed by atoms with Crippen LogP contribution in [-0.4, -0.2) is 24.3 Å². The van der Waals surface area contributed by atoms with Crippen LogP contribution < -0.4 is 0 Å². The Bertz CT molecular complexity index is 416. The van der Waals surface area contributed by atoms with Gasteiger partial charge >= 0.3 is 5.97 Å². The maximum atomic E-state index is 13.6. The molecule has 0 fully saturated rings. The van der Waals surface area contributed by atoms with E-state index in [2.05, 4.69) is 4.74 Å². The number of carboxylic acid groups (broad SMARTS) is 1. The largest absolute Gasteiger partial charge is 0.480 e. The van der Waals surface area contributed by atoms with Crippen molar-refractivity contribution in [3.05, 3.63) is 34.9 Å². The topological polar surface area (TPSA) is 46.5 Å². The first-order valence-electron chi connectivity index (χ1n) is 5.08. The van der Waals surface area contributed by atoms with Crippen LogP contribution in [0.25, 0.3) is 0 Å². The summed E-state index contributed by atoms with van der Waals surface area (Å²) in [6, 6.07) is 4.32. The molecule has 3 nitrogen and oxygen atoms in total. The Balaban J connectivity index is 2.74. The van der Waals surface area contributed by atoms with Crippen molar-refractivity contribution >= 4 is 5.97 Å². The molecule has 0 spiro atoms. The van der Waals surface area contributed by atoms with Crippen LogP contribution in [0.4, 0.5) is 8.78 Å². The van der Waals surface area contributed by atoms with Crippen LogP contribution in [0, 0.1) is 13.8 Å². The number of rotatable bonds is 5. The fraction of sp³-hybridized carbons (Fsp3) is 0.417. The molecular formula is C12H14F2O3. The Labute approximate surface area is 98.0 Å². The summed E-state index contributed by atoms with van der Waals surface area (Å²) in [6.45, 7) is 1.92. The highest BCUT2D eigenvalue weighted by molar-refractivity contribution is 5.68. The molecule has 0 heterocycles. The molecule has 94 valence electrons. The van der Waals surface area contributed by atoms with Gasteiger partial charge in [0.2, 0.25) is 0 Å². The van der Waals surface area contributed by atoms with Crippen LogP contribution in [-0.2, 0) is 15.5 Å². The molecule has 5 heteroatoms. The molecule has 0 aliphatic rings. The minimum Gasteiger partial charge on any atom is -0.480 e. The summed E-state index contributed by atoms with van der Waals surface area (Å²) in [5, 5.41) is 8.29. The van der Waals surface area contributed by atoms with Crippen molar-refractivity contribution in [2.45, 2.75) is 19.8 Å². The quantitative estimate of drug-likeness (QED) is 0.865. The molecule has 0 radical (unpaired) electrons. The van der Waals surface area contributed by atoms with Crippen LogP contribution >= 0.6 is 0 Å². The lowest BCUT2D eigenvalue weighted by atomic mass is 10.0. The minimum absolute atomic E-state index is 0.161. The number of halogens is 2. The summed E-state index contributed by atoms with van der Waals surface area (Å²) >= 11 is 0. The Morgan fingerprint density at radius 2 is 2.00 bits per heavy atom. The van der Waals surface area contributed by atoms with Gasteiger partial charge in [-0.2, -0.15) is 8.78 Å². The van der Waals surface area contributed by atoms with E-state index < -0.39 is 25.1 Å². The lowest BCUT2D eigenvalue weighted by Gasteiger charge is -2.17. The average molecular weight is 244 g/mol. The van der Waals surface area contributed by atoms with Crippen molar-refractivity contribution in [2.24, 2.45) is 0 Å². The number of carbonyl (C=O) groups is 1. The van der Waals surface area contributed by atoms with E-state index in [1.807, 2.05) is 6.92 Å². The van der Waals surface area contributed by atoms with Gasteiger partial charge in [0.05, 0.1) is 0 Å². The minimum atomic E-state index is -3.17. The zero-order valence-electron chi connectivity index (χ0n) is 9.67. The van der Waals surface area contributed by atoms with Gasteiger partial charge in [-0.3, -0.25) is 0 Å². The maximum Gasteiger partial charge on any atom is 0.329 e. The van der Waals surface area contributed by atoms with E-state index >= 15 is 0 Å². The van der Waals surface area contributed by atoms with Gasteiger partial charge < -0.3 is 9.84 Å². The number of aliphatic carboxylic acids is 1. The van der Waals surface area contributed by atoms with Gasteiger partial charge in [0.25, 0.3) is 5.92 Å². The number of hydrogen-bond acceptors (Lipinski definition) is 2. The van der Waals surface area contributed by atoms with Crippen molar-refractivity contribution in [3.8, 4) is 0 Å². The summed E-state index contributed by atoms with van der Waals surface area (Å²) < 4.78 is 31.6. The van der Waals surface area contributed by atoms with E-state index in [1.54, 1.807) is 13.0 Å². The summed E-state index contributed by atoms with van der Waals surface area (Å²) in [5.74, 6) is -4.44. The predicted molar refractivity (Wildman–Crippen MR) is 58.3 cm³/mol. The number of hydrogen-bond donors (Lipinski definition) is 1. The molecule has 0 aromatic heterocycles. The first-order valence-corrected chi connectivity index (χ1v) is 5.08. The standard InChI is InChI=1S/C12H14F2O3/c1-8-3-4-10(5-9(8)2)12(13,14)7-17-6-11(15)16/h3-5H,6-7H2,1-2H3,(H,15,16). The smallest absolute Gasteiger partial charge is 0.329 e. The third-order valence-corrected chi connectivity index (χ3v) is 2.44. The number of carboxylic acids is 1. The van der Waals surface area contributed by atoms with Gasteiger partial charge in [0, 0.05) is 5.56 Å². The molecule has 0 amide bonds. The molecule has 1 rings (SSSR count). The molecule has 1 aromatic rings. The molecule has 0 saturated carbocycles. The Hall–Kier alpha value is -1.49. The van der Waals surface area contributed by atoms with Crippen molar-refractivity contribution in [3.63, 3.8) is 0 Å². The highest BCUT2D eigenvalue weighted by atomic mass is 19.3. The zero-order valence-corrected chi connectivity index (χ0v) is 9.67. The molecule has 1 aromatic carbocycles. The first-order chi connectivity index (χ1) is 7.83. The van der Waals surface area contributed by atoms with E-state index in [4.69, 9.17) is 5.11 Å². The zero-order chi connectivity index (χ0) is 13.1. The number of alkyl halides is 2. The predicted octanol–water partition coefficient (Wildman–Crippen LogP) is 2.50. The molecule has 0 saturated heterocycles. The summed E-state index contributed by atoms with van der Waals surface area (Å²) in [5.41, 5.74) is 1.53. The molecule has 0 atom stereocenters. The molecule has 0 bridgehead atoms. The van der Waals surface area contributed by atoms with E-state index in [-0.39, 0.29) is 5.56 Å². The highest BCUT2D eigenvalue weighted by Crippen LogP contribution is 2.29. The second-order valence-electron chi connectivity index (χ2n) is 3.89. The third kappa shape index (κ3) is 3.78.